The molecule has 0 saturated carbocycles. The van der Waals surface area contributed by atoms with Crippen LogP contribution in [0, 0.1) is 5.82 Å². The van der Waals surface area contributed by atoms with Crippen LogP contribution in [0.3, 0.4) is 0 Å². The van der Waals surface area contributed by atoms with E-state index < -0.39 is 54.3 Å². The zero-order valence-electron chi connectivity index (χ0n) is 21.0. The van der Waals surface area contributed by atoms with Crippen LogP contribution < -0.4 is 5.32 Å². The number of nitrogens with one attached hydrogen (secondary N) is 1. The summed E-state index contributed by atoms with van der Waals surface area (Å²) in [6, 6.07) is 5.40. The fraction of sp³-hybridized carbons (Fsp3) is 0.417. The van der Waals surface area contributed by atoms with Gasteiger partial charge in [-0.3, -0.25) is 0 Å². The maximum Gasteiger partial charge on any atom is 0.425 e. The van der Waals surface area contributed by atoms with Gasteiger partial charge in [0.1, 0.15) is 22.8 Å². The molecule has 2 aromatic heterocycles. The summed E-state index contributed by atoms with van der Waals surface area (Å²) in [5, 5.41) is 9.53. The van der Waals surface area contributed by atoms with Crippen LogP contribution in [0.1, 0.15) is 46.2 Å². The predicted molar refractivity (Wildman–Crippen MR) is 124 cm³/mol. The summed E-state index contributed by atoms with van der Waals surface area (Å²) >= 11 is 0. The predicted octanol–water partition coefficient (Wildman–Crippen LogP) is 6.19. The second kappa shape index (κ2) is 9.93. The maximum absolute atomic E-state index is 15.1. The van der Waals surface area contributed by atoms with Crippen molar-refractivity contribution in [1.82, 2.24) is 20.3 Å². The molecule has 3 aromatic rings. The van der Waals surface area contributed by atoms with E-state index in [1.54, 1.807) is 20.8 Å². The molecule has 2 atom stereocenters. The van der Waals surface area contributed by atoms with Gasteiger partial charge in [-0.2, -0.15) is 27.1 Å². The number of alkyl halides is 5. The second-order valence-corrected chi connectivity index (χ2v) is 9.90. The van der Waals surface area contributed by atoms with Gasteiger partial charge in [0.05, 0.1) is 5.54 Å². The highest BCUT2D eigenvalue weighted by Gasteiger charge is 2.50. The van der Waals surface area contributed by atoms with E-state index in [1.807, 2.05) is 0 Å². The normalized spacial score (nSPS) is 20.0. The summed E-state index contributed by atoms with van der Waals surface area (Å²) in [7, 11) is 0. The lowest BCUT2D eigenvalue weighted by Gasteiger charge is -2.37. The van der Waals surface area contributed by atoms with Crippen molar-refractivity contribution in [3.8, 4) is 22.7 Å². The molecule has 0 spiro atoms. The number of carbonyl (C=O) groups is 1. The third-order valence-electron chi connectivity index (χ3n) is 5.57. The Hall–Kier alpha value is -4.04. The minimum atomic E-state index is -4.87. The molecule has 4 rings (SSSR count). The Bertz CT molecular complexity index is 1390. The molecule has 1 aromatic carbocycles. The van der Waals surface area contributed by atoms with Crippen molar-refractivity contribution < 1.29 is 45.1 Å². The highest BCUT2D eigenvalue weighted by molar-refractivity contribution is 5.91. The van der Waals surface area contributed by atoms with Gasteiger partial charge in [0.25, 0.3) is 6.02 Å². The Morgan fingerprint density at radius 1 is 1.18 bits per heavy atom. The van der Waals surface area contributed by atoms with Crippen molar-refractivity contribution in [1.29, 1.82) is 0 Å². The zero-order valence-corrected chi connectivity index (χ0v) is 21.0. The highest BCUT2D eigenvalue weighted by atomic mass is 19.4. The summed E-state index contributed by atoms with van der Waals surface area (Å²) < 4.78 is 97.6. The van der Waals surface area contributed by atoms with Crippen LogP contribution in [-0.4, -0.2) is 44.9 Å². The minimum Gasteiger partial charge on any atom is -0.452 e. The number of aliphatic imine (C=N–C) groups is 1. The molecule has 3 heterocycles. The Balaban J connectivity index is 1.69. The van der Waals surface area contributed by atoms with Crippen molar-refractivity contribution in [2.75, 3.05) is 0 Å². The lowest BCUT2D eigenvalue weighted by molar-refractivity contribution is -0.208. The number of rotatable bonds is 4. The number of nitrogens with zero attached hydrogens (tertiary/aromatic N) is 4. The number of carbonyl (C=O) groups excluding carboxylic acids is 1. The van der Waals surface area contributed by atoms with Crippen LogP contribution >= 0.6 is 0 Å². The van der Waals surface area contributed by atoms with Crippen LogP contribution in [-0.2, 0) is 15.0 Å². The van der Waals surface area contributed by atoms with Crippen molar-refractivity contribution in [2.45, 2.75) is 64.1 Å². The smallest absolute Gasteiger partial charge is 0.425 e. The Morgan fingerprint density at radius 3 is 2.51 bits per heavy atom. The molecule has 0 aliphatic carbocycles. The molecule has 9 nitrogen and oxygen atoms in total. The number of aromatic nitrogens is 3. The molecule has 0 saturated heterocycles. The monoisotopic (exact) mass is 559 g/mol. The number of ether oxygens (including phenoxy) is 2. The quantitative estimate of drug-likeness (QED) is 0.383. The number of amides is 1. The molecule has 0 unspecified atom stereocenters. The summed E-state index contributed by atoms with van der Waals surface area (Å²) in [6.07, 6.45) is -8.15. The van der Waals surface area contributed by atoms with Gasteiger partial charge >= 0.3 is 18.8 Å². The maximum atomic E-state index is 15.1. The average Bonchev–Trinajstić information content (AvgIpc) is 3.47. The summed E-state index contributed by atoms with van der Waals surface area (Å²) in [6.45, 7) is 3.06. The molecule has 0 fully saturated rings. The first-order valence-electron chi connectivity index (χ1n) is 11.5. The lowest BCUT2D eigenvalue weighted by atomic mass is 9.84. The first-order chi connectivity index (χ1) is 18.0. The molecule has 1 aliphatic heterocycles. The van der Waals surface area contributed by atoms with Gasteiger partial charge in [0, 0.05) is 29.8 Å². The number of hydrogen-bond acceptors (Lipinski definition) is 7. The van der Waals surface area contributed by atoms with Crippen molar-refractivity contribution in [3.63, 3.8) is 0 Å². The fourth-order valence-electron chi connectivity index (χ4n) is 3.84. The molecule has 0 bridgehead atoms. The molecule has 15 heteroatoms. The van der Waals surface area contributed by atoms with Crippen LogP contribution in [0.5, 0.6) is 0 Å². The number of halogens is 6. The van der Waals surface area contributed by atoms with Gasteiger partial charge in [-0.1, -0.05) is 5.16 Å². The topological polar surface area (TPSA) is 104 Å². The molecule has 1 aliphatic rings. The van der Waals surface area contributed by atoms with Gasteiger partial charge in [0.2, 0.25) is 0 Å². The van der Waals surface area contributed by atoms with Gasteiger partial charge in [-0.05, 0) is 52.0 Å². The second-order valence-electron chi connectivity index (χ2n) is 9.90. The Labute approximate surface area is 217 Å². The molecule has 1 amide bonds. The summed E-state index contributed by atoms with van der Waals surface area (Å²) in [5.74, 6) is -0.809. The Morgan fingerprint density at radius 2 is 1.90 bits per heavy atom. The summed E-state index contributed by atoms with van der Waals surface area (Å²) in [5.41, 5.74) is -2.65. The highest BCUT2D eigenvalue weighted by Crippen LogP contribution is 2.42. The van der Waals surface area contributed by atoms with Gasteiger partial charge in [-0.25, -0.2) is 24.2 Å². The van der Waals surface area contributed by atoms with Gasteiger partial charge in [0.15, 0.2) is 11.9 Å². The van der Waals surface area contributed by atoms with Crippen molar-refractivity contribution in [2.24, 2.45) is 4.99 Å². The van der Waals surface area contributed by atoms with Crippen LogP contribution in [0.4, 0.5) is 31.1 Å². The summed E-state index contributed by atoms with van der Waals surface area (Å²) in [4.78, 5) is 16.3. The third-order valence-corrected chi connectivity index (χ3v) is 5.57. The molecule has 39 heavy (non-hydrogen) atoms. The fourth-order valence-corrected chi connectivity index (χ4v) is 3.84. The van der Waals surface area contributed by atoms with E-state index in [0.29, 0.717) is 4.68 Å². The van der Waals surface area contributed by atoms with E-state index in [0.717, 1.165) is 12.3 Å². The first kappa shape index (κ1) is 28.0. The van der Waals surface area contributed by atoms with Crippen molar-refractivity contribution >= 4 is 12.1 Å². The van der Waals surface area contributed by atoms with Crippen LogP contribution in [0.2, 0.25) is 0 Å². The SMILES string of the molecule is CC(C)(C)OC(=O)NC1=N[C@](C)(c2cc(-c3cc(-c4ccn(C(F)F)n4)no3)ccc2F)C[C@@H](C(F)(F)F)O1. The zero-order chi connectivity index (χ0) is 28.8. The van der Waals surface area contributed by atoms with Crippen LogP contribution in [0.15, 0.2) is 46.0 Å². The lowest BCUT2D eigenvalue weighted by Crippen LogP contribution is -2.49. The van der Waals surface area contributed by atoms with Gasteiger partial charge < -0.3 is 14.0 Å². The molecule has 0 radical (unpaired) electrons. The number of amidine groups is 1. The molecular weight excluding hydrogens is 536 g/mol. The van der Waals surface area contributed by atoms with E-state index >= 15 is 4.39 Å². The standard InChI is InChI=1S/C24H23F6N5O4/c1-22(2,3)38-21(36)31-20-32-23(4,11-18(37-20)24(28,29)30)13-9-12(5-6-14(13)25)17-10-16(34-39-17)15-7-8-35(33-15)19(26)27/h5-10,18-19H,11H2,1-4H3,(H,31,32,36)/t18-,23-/m0/s1. The molecular formula is C24H23F6N5O4. The largest absolute Gasteiger partial charge is 0.452 e. The van der Waals surface area contributed by atoms with E-state index in [1.165, 1.54) is 31.2 Å². The number of benzene rings is 1. The minimum absolute atomic E-state index is 0.0666. The van der Waals surface area contributed by atoms with E-state index in [-0.39, 0.29) is 28.3 Å². The van der Waals surface area contributed by atoms with E-state index in [2.05, 4.69) is 20.6 Å². The Kier molecular flexibility index (Phi) is 7.12. The molecule has 1 N–H and O–H groups in total. The first-order valence-corrected chi connectivity index (χ1v) is 11.5. The van der Waals surface area contributed by atoms with E-state index in [4.69, 9.17) is 14.0 Å². The van der Waals surface area contributed by atoms with Crippen molar-refractivity contribution in [3.05, 3.63) is 47.9 Å². The number of hydrogen-bond donors (Lipinski definition) is 1. The third kappa shape index (κ3) is 6.34. The van der Waals surface area contributed by atoms with Crippen LogP contribution in [0.25, 0.3) is 22.7 Å². The average molecular weight is 559 g/mol. The van der Waals surface area contributed by atoms with E-state index in [9.17, 15) is 26.7 Å². The molecule has 210 valence electrons. The number of alkyl carbamates (subject to hydrolysis) is 1. The van der Waals surface area contributed by atoms with Gasteiger partial charge in [-0.15, -0.1) is 0 Å².